The van der Waals surface area contributed by atoms with Gasteiger partial charge in [0.25, 0.3) is 0 Å². The molecule has 1 rings (SSSR count). The van der Waals surface area contributed by atoms with Gasteiger partial charge in [0.15, 0.2) is 0 Å². The average molecular weight is 1030 g/mol. The molecule has 0 aromatic carbocycles. The van der Waals surface area contributed by atoms with Gasteiger partial charge < -0.3 is 95.5 Å². The number of amides is 10. The van der Waals surface area contributed by atoms with Gasteiger partial charge in [0.1, 0.15) is 42.3 Å². The van der Waals surface area contributed by atoms with Gasteiger partial charge in [-0.25, -0.2) is 4.79 Å². The summed E-state index contributed by atoms with van der Waals surface area (Å²) in [5.41, 5.74) is 16.4. The van der Waals surface area contributed by atoms with Crippen LogP contribution in [-0.4, -0.2) is 209 Å². The number of nitrogens with zero attached hydrogens (tertiary/aromatic N) is 1. The van der Waals surface area contributed by atoms with E-state index in [1.54, 1.807) is 0 Å². The highest BCUT2D eigenvalue weighted by Gasteiger charge is 2.38. The molecule has 0 saturated carbocycles. The number of carboxylic acids is 3. The van der Waals surface area contributed by atoms with Crippen LogP contribution in [0.25, 0.3) is 0 Å². The minimum Gasteiger partial charge on any atom is -0.481 e. The molecule has 1 fully saturated rings. The zero-order chi connectivity index (χ0) is 54.3. The van der Waals surface area contributed by atoms with E-state index in [-0.39, 0.29) is 51.7 Å². The predicted octanol–water partition coefficient (Wildman–Crippen LogP) is -8.75. The molecule has 406 valence electrons. The topological polar surface area (TPSA) is 513 Å². The Morgan fingerprint density at radius 2 is 0.889 bits per heavy atom. The number of unbranched alkanes of at least 4 members (excludes halogenated alkanes) is 2. The van der Waals surface area contributed by atoms with Crippen LogP contribution < -0.4 is 65.1 Å². The molecule has 31 nitrogen and oxygen atoms in total. The molecule has 10 amide bonds. The monoisotopic (exact) mass is 1030 g/mol. The lowest BCUT2D eigenvalue weighted by atomic mass is 10.1. The smallest absolute Gasteiger partial charge is 0.328 e. The molecular formula is C41H69N13O18. The van der Waals surface area contributed by atoms with Crippen LogP contribution in [0.5, 0.6) is 0 Å². The van der Waals surface area contributed by atoms with E-state index in [2.05, 4.69) is 42.5 Å². The fourth-order valence-electron chi connectivity index (χ4n) is 6.87. The lowest BCUT2D eigenvalue weighted by Gasteiger charge is -2.28. The third-order valence-electron chi connectivity index (χ3n) is 10.7. The van der Waals surface area contributed by atoms with E-state index in [1.807, 2.05) is 5.32 Å². The highest BCUT2D eigenvalue weighted by molar-refractivity contribution is 5.97. The van der Waals surface area contributed by atoms with Crippen LogP contribution in [0.2, 0.25) is 0 Å². The summed E-state index contributed by atoms with van der Waals surface area (Å²) in [6.07, 6.45) is -0.649. The SMILES string of the molecule is NCCCC[C@H](NC(=O)[C@H](CCC(=O)O)NC(=O)CNC(=O)[C@H](CCCCN)NC(=O)[C@H](CCC(=O)O)NC(=O)CNC(=O)[C@@H]1CCCN1C(=O)[C@H](CO)NC(=O)CN)C(=O)NCC(=O)N[C@@H](CO)C(=O)O. The van der Waals surface area contributed by atoms with E-state index in [0.29, 0.717) is 19.3 Å². The molecule has 1 heterocycles. The lowest BCUT2D eigenvalue weighted by molar-refractivity contribution is -0.143. The summed E-state index contributed by atoms with van der Waals surface area (Å²) in [5, 5.41) is 67.0. The highest BCUT2D eigenvalue weighted by Crippen LogP contribution is 2.19. The zero-order valence-corrected chi connectivity index (χ0v) is 39.6. The molecule has 0 bridgehead atoms. The van der Waals surface area contributed by atoms with E-state index in [0.717, 1.165) is 4.90 Å². The minimum atomic E-state index is -1.66. The summed E-state index contributed by atoms with van der Waals surface area (Å²) < 4.78 is 0. The van der Waals surface area contributed by atoms with Crippen molar-refractivity contribution in [3.05, 3.63) is 0 Å². The molecule has 1 saturated heterocycles. The van der Waals surface area contributed by atoms with Crippen LogP contribution in [0.3, 0.4) is 0 Å². The maximum Gasteiger partial charge on any atom is 0.328 e. The van der Waals surface area contributed by atoms with Gasteiger partial charge in [-0.15, -0.1) is 0 Å². The number of rotatable bonds is 36. The summed E-state index contributed by atoms with van der Waals surface area (Å²) >= 11 is 0. The number of hydrogen-bond acceptors (Lipinski definition) is 18. The van der Waals surface area contributed by atoms with Crippen molar-refractivity contribution in [3.8, 4) is 0 Å². The van der Waals surface area contributed by atoms with Crippen molar-refractivity contribution in [2.75, 3.05) is 59.0 Å². The van der Waals surface area contributed by atoms with Crippen LogP contribution >= 0.6 is 0 Å². The number of carbonyl (C=O) groups excluding carboxylic acids is 10. The summed E-state index contributed by atoms with van der Waals surface area (Å²) in [6.45, 7) is -4.11. The second-order valence-corrected chi connectivity index (χ2v) is 16.3. The second kappa shape index (κ2) is 34.3. The normalized spacial score (nSPS) is 15.4. The van der Waals surface area contributed by atoms with Crippen molar-refractivity contribution >= 4 is 77.0 Å². The lowest BCUT2D eigenvalue weighted by Crippen LogP contribution is -2.57. The number of aliphatic hydroxyl groups excluding tert-OH is 2. The first-order valence-corrected chi connectivity index (χ1v) is 23.0. The number of aliphatic hydroxyl groups is 2. The fraction of sp³-hybridized carbons (Fsp3) is 0.683. The number of carbonyl (C=O) groups is 13. The molecular weight excluding hydrogens is 963 g/mol. The van der Waals surface area contributed by atoms with Crippen molar-refractivity contribution in [2.24, 2.45) is 17.2 Å². The van der Waals surface area contributed by atoms with E-state index in [1.165, 1.54) is 0 Å². The summed E-state index contributed by atoms with van der Waals surface area (Å²) in [4.78, 5) is 165. The van der Waals surface area contributed by atoms with Gasteiger partial charge >= 0.3 is 17.9 Å². The Kier molecular flexibility index (Phi) is 30.0. The molecule has 31 heteroatoms. The van der Waals surface area contributed by atoms with Crippen LogP contribution in [0.15, 0.2) is 0 Å². The molecule has 1 aliphatic heterocycles. The third-order valence-corrected chi connectivity index (χ3v) is 10.7. The first-order chi connectivity index (χ1) is 34.1. The highest BCUT2D eigenvalue weighted by atomic mass is 16.4. The summed E-state index contributed by atoms with van der Waals surface area (Å²) in [5.74, 6) is -13.5. The third kappa shape index (κ3) is 24.2. The van der Waals surface area contributed by atoms with E-state index >= 15 is 0 Å². The van der Waals surface area contributed by atoms with Gasteiger partial charge in [-0.2, -0.15) is 0 Å². The predicted molar refractivity (Wildman–Crippen MR) is 246 cm³/mol. The summed E-state index contributed by atoms with van der Waals surface area (Å²) in [6, 6.07) is -10.2. The Morgan fingerprint density at radius 1 is 0.486 bits per heavy atom. The Bertz CT molecular complexity index is 1910. The maximum absolute atomic E-state index is 13.6. The zero-order valence-electron chi connectivity index (χ0n) is 39.6. The van der Waals surface area contributed by atoms with Crippen molar-refractivity contribution in [2.45, 2.75) is 119 Å². The van der Waals surface area contributed by atoms with Crippen molar-refractivity contribution in [1.29, 1.82) is 0 Å². The maximum atomic E-state index is 13.6. The van der Waals surface area contributed by atoms with Gasteiger partial charge in [-0.3, -0.25) is 57.5 Å². The molecule has 72 heavy (non-hydrogen) atoms. The molecule has 1 aliphatic rings. The largest absolute Gasteiger partial charge is 0.481 e. The molecule has 0 unspecified atom stereocenters. The molecule has 20 N–H and O–H groups in total. The average Bonchev–Trinajstić information content (AvgIpc) is 3.84. The fourth-order valence-corrected chi connectivity index (χ4v) is 6.87. The number of hydrogen-bond donors (Lipinski definition) is 17. The van der Waals surface area contributed by atoms with Gasteiger partial charge in [-0.1, -0.05) is 0 Å². The van der Waals surface area contributed by atoms with Gasteiger partial charge in [0, 0.05) is 19.4 Å². The standard InChI is InChI=1S/C41H69N13O18/c42-13-3-1-6-22(52-38(68)25(10-12-34(63)64)49-31(59)19-47-39(69)28-8-5-15-54(28)40(70)26(20-55)50-29(57)16-44)35(65)45-17-30(58)48-24(9-11-33(61)62)37(67)53-23(7-2-4-14-43)36(66)46-18-32(60)51-27(21-56)41(71)72/h22-28,55-56H,1-21,42-44H2,(H,45,65)(H,46,66)(H,47,69)(H,48,58)(H,49,59)(H,50,57)(H,51,60)(H,52,68)(H,53,67)(H,61,62)(H,63,64)(H,71,72)/t22-,23-,24-,25-,26-,27-,28-/m0/s1. The van der Waals surface area contributed by atoms with Gasteiger partial charge in [-0.05, 0) is 77.3 Å². The Labute approximate surface area is 412 Å². The van der Waals surface area contributed by atoms with Crippen molar-refractivity contribution in [1.82, 2.24) is 52.8 Å². The van der Waals surface area contributed by atoms with Gasteiger partial charge in [0.05, 0.1) is 39.4 Å². The number of aliphatic carboxylic acids is 3. The molecule has 0 aromatic heterocycles. The number of likely N-dealkylation sites (tertiary alicyclic amines) is 1. The van der Waals surface area contributed by atoms with Crippen molar-refractivity contribution in [3.63, 3.8) is 0 Å². The number of nitrogens with two attached hydrogens (primary N) is 3. The van der Waals surface area contributed by atoms with E-state index < -0.39 is 184 Å². The quantitative estimate of drug-likeness (QED) is 0.0259. The second-order valence-electron chi connectivity index (χ2n) is 16.3. The van der Waals surface area contributed by atoms with Crippen LogP contribution in [-0.2, 0) is 62.3 Å². The Hall–Kier alpha value is -7.09. The molecule has 0 aliphatic carbocycles. The van der Waals surface area contributed by atoms with Crippen molar-refractivity contribution < 1.29 is 87.9 Å². The van der Waals surface area contributed by atoms with Crippen LogP contribution in [0.1, 0.15) is 77.0 Å². The van der Waals surface area contributed by atoms with Crippen LogP contribution in [0.4, 0.5) is 0 Å². The Balaban J connectivity index is 3.11. The first-order valence-electron chi connectivity index (χ1n) is 23.0. The molecule has 0 radical (unpaired) electrons. The van der Waals surface area contributed by atoms with E-state index in [9.17, 15) is 77.6 Å². The Morgan fingerprint density at radius 3 is 1.28 bits per heavy atom. The number of carboxylic acid groups (broad SMARTS) is 3. The molecule has 0 spiro atoms. The number of nitrogens with one attached hydrogen (secondary N) is 9. The first kappa shape index (κ1) is 62.9. The summed E-state index contributed by atoms with van der Waals surface area (Å²) in [7, 11) is 0. The minimum absolute atomic E-state index is 0.0507. The molecule has 0 aromatic rings. The van der Waals surface area contributed by atoms with Gasteiger partial charge in [0.2, 0.25) is 59.1 Å². The van der Waals surface area contributed by atoms with E-state index in [4.69, 9.17) is 27.4 Å². The van der Waals surface area contributed by atoms with Crippen LogP contribution in [0, 0.1) is 0 Å². The molecule has 7 atom stereocenters.